The van der Waals surface area contributed by atoms with Crippen LogP contribution in [0.4, 0.5) is 0 Å². The Morgan fingerprint density at radius 3 is 2.47 bits per heavy atom. The second kappa shape index (κ2) is 6.33. The minimum atomic E-state index is -0.265. The van der Waals surface area contributed by atoms with Gasteiger partial charge in [0.05, 0.1) is 6.61 Å². The maximum atomic E-state index is 9.05. The highest BCUT2D eigenvalue weighted by molar-refractivity contribution is 6.31. The topological polar surface area (TPSA) is 32.3 Å². The van der Waals surface area contributed by atoms with Gasteiger partial charge in [-0.2, -0.15) is 0 Å². The van der Waals surface area contributed by atoms with Crippen LogP contribution < -0.4 is 17.7 Å². The van der Waals surface area contributed by atoms with Crippen LogP contribution in [-0.4, -0.2) is 17.3 Å². The molecule has 1 rings (SSSR count). The first-order valence-corrected chi connectivity index (χ1v) is 5.02. The van der Waals surface area contributed by atoms with Gasteiger partial charge in [0.1, 0.15) is 0 Å². The summed E-state index contributed by atoms with van der Waals surface area (Å²) in [7, 11) is 0. The molecule has 0 aliphatic heterocycles. The van der Waals surface area contributed by atoms with Crippen molar-refractivity contribution in [2.75, 3.05) is 6.61 Å². The third-order valence-corrected chi connectivity index (χ3v) is 2.48. The molecule has 15 heavy (non-hydrogen) atoms. The number of nitrogens with one attached hydrogen (secondary N) is 1. The van der Waals surface area contributed by atoms with Gasteiger partial charge in [-0.3, -0.25) is 0 Å². The quantitative estimate of drug-likeness (QED) is 0.732. The number of hydrogen-bond donors (Lipinski definition) is 2. The molecule has 0 saturated heterocycles. The molecule has 0 bridgehead atoms. The summed E-state index contributed by atoms with van der Waals surface area (Å²) in [4.78, 5) is 0. The lowest BCUT2D eigenvalue weighted by Crippen LogP contribution is -3.00. The molecule has 0 atom stereocenters. The second-order valence-corrected chi connectivity index (χ2v) is 4.39. The van der Waals surface area contributed by atoms with Gasteiger partial charge in [0.15, 0.2) is 0 Å². The molecule has 0 radical (unpaired) electrons. The number of benzene rings is 1. The molecule has 0 fully saturated rings. The van der Waals surface area contributed by atoms with Gasteiger partial charge >= 0.3 is 0 Å². The zero-order valence-corrected chi connectivity index (χ0v) is 10.4. The van der Waals surface area contributed by atoms with Crippen LogP contribution >= 0.6 is 11.6 Å². The van der Waals surface area contributed by atoms with Gasteiger partial charge in [-0.1, -0.05) is 29.8 Å². The molecule has 2 N–H and O–H groups in total. The first-order valence-electron chi connectivity index (χ1n) is 4.64. The summed E-state index contributed by atoms with van der Waals surface area (Å²) in [6.45, 7) is 4.68. The minimum absolute atomic E-state index is 0. The Labute approximate surface area is 102 Å². The Balaban J connectivity index is 0.00000196. The standard InChI is InChI=1S/C11H16ClNO.ClH/c1-11(2,8-14)13-7-9-5-3-4-6-10(9)12;/h3-6,13-14H,7-8H2,1-2H3;1H/p-1. The summed E-state index contributed by atoms with van der Waals surface area (Å²) in [5, 5.41) is 13.0. The smallest absolute Gasteiger partial charge is 0.0607 e. The average Bonchev–Trinajstić information content (AvgIpc) is 2.17. The maximum absolute atomic E-state index is 9.05. The van der Waals surface area contributed by atoms with Gasteiger partial charge in [-0.15, -0.1) is 0 Å². The summed E-state index contributed by atoms with van der Waals surface area (Å²) in [5.41, 5.74) is 0.787. The van der Waals surface area contributed by atoms with Crippen molar-refractivity contribution in [1.29, 1.82) is 0 Å². The number of aliphatic hydroxyl groups excluding tert-OH is 1. The van der Waals surface area contributed by atoms with Crippen LogP contribution in [0, 0.1) is 0 Å². The minimum Gasteiger partial charge on any atom is -1.00 e. The lowest BCUT2D eigenvalue weighted by atomic mass is 10.1. The maximum Gasteiger partial charge on any atom is 0.0607 e. The first kappa shape index (κ1) is 14.7. The highest BCUT2D eigenvalue weighted by Crippen LogP contribution is 2.15. The van der Waals surface area contributed by atoms with Gasteiger partial charge in [0, 0.05) is 17.1 Å². The van der Waals surface area contributed by atoms with E-state index in [1.165, 1.54) is 0 Å². The van der Waals surface area contributed by atoms with E-state index in [4.69, 9.17) is 16.7 Å². The van der Waals surface area contributed by atoms with Crippen LogP contribution in [0.5, 0.6) is 0 Å². The number of hydrogen-bond acceptors (Lipinski definition) is 2. The van der Waals surface area contributed by atoms with Crippen LogP contribution in [0.1, 0.15) is 19.4 Å². The van der Waals surface area contributed by atoms with E-state index in [9.17, 15) is 0 Å². The summed E-state index contributed by atoms with van der Waals surface area (Å²) in [6.07, 6.45) is 0. The predicted molar refractivity (Wildman–Crippen MR) is 59.5 cm³/mol. The molecule has 0 saturated carbocycles. The van der Waals surface area contributed by atoms with Crippen LogP contribution in [0.2, 0.25) is 5.02 Å². The van der Waals surface area contributed by atoms with Crippen molar-refractivity contribution in [2.24, 2.45) is 0 Å². The number of aliphatic hydroxyl groups is 1. The average molecular weight is 249 g/mol. The fraction of sp³-hybridized carbons (Fsp3) is 0.455. The zero-order chi connectivity index (χ0) is 10.6. The van der Waals surface area contributed by atoms with Gasteiger partial charge in [-0.05, 0) is 25.5 Å². The SMILES string of the molecule is CC(C)(CO)NCc1ccccc1Cl.[Cl-]. The van der Waals surface area contributed by atoms with Crippen molar-refractivity contribution < 1.29 is 17.5 Å². The third kappa shape index (κ3) is 4.85. The molecule has 1 aromatic rings. The molecule has 4 heteroatoms. The summed E-state index contributed by atoms with van der Waals surface area (Å²) >= 11 is 5.99. The number of rotatable bonds is 4. The molecule has 0 spiro atoms. The lowest BCUT2D eigenvalue weighted by Gasteiger charge is -2.23. The van der Waals surface area contributed by atoms with Gasteiger partial charge < -0.3 is 22.8 Å². The Morgan fingerprint density at radius 2 is 1.93 bits per heavy atom. The van der Waals surface area contributed by atoms with Crippen molar-refractivity contribution in [1.82, 2.24) is 5.32 Å². The number of halogens is 2. The molecule has 0 heterocycles. The lowest BCUT2D eigenvalue weighted by molar-refractivity contribution is -0.00000387. The van der Waals surface area contributed by atoms with Crippen molar-refractivity contribution >= 4 is 11.6 Å². The van der Waals surface area contributed by atoms with Gasteiger partial charge in [0.2, 0.25) is 0 Å². The van der Waals surface area contributed by atoms with E-state index in [2.05, 4.69) is 5.32 Å². The van der Waals surface area contributed by atoms with Crippen LogP contribution in [0.15, 0.2) is 24.3 Å². The van der Waals surface area contributed by atoms with E-state index >= 15 is 0 Å². The highest BCUT2D eigenvalue weighted by Gasteiger charge is 2.15. The summed E-state index contributed by atoms with van der Waals surface area (Å²) in [5.74, 6) is 0. The molecule has 0 aliphatic rings. The van der Waals surface area contributed by atoms with Crippen LogP contribution in [0.3, 0.4) is 0 Å². The van der Waals surface area contributed by atoms with Crippen molar-refractivity contribution in [3.8, 4) is 0 Å². The summed E-state index contributed by atoms with van der Waals surface area (Å²) < 4.78 is 0. The molecular weight excluding hydrogens is 233 g/mol. The fourth-order valence-electron chi connectivity index (χ4n) is 1.03. The normalized spacial score (nSPS) is 10.9. The zero-order valence-electron chi connectivity index (χ0n) is 8.93. The van der Waals surface area contributed by atoms with E-state index in [-0.39, 0.29) is 24.6 Å². The van der Waals surface area contributed by atoms with Crippen LogP contribution in [0.25, 0.3) is 0 Å². The molecule has 0 amide bonds. The van der Waals surface area contributed by atoms with E-state index in [1.807, 2.05) is 38.1 Å². The first-order chi connectivity index (χ1) is 6.55. The molecule has 2 nitrogen and oxygen atoms in total. The monoisotopic (exact) mass is 248 g/mol. The molecule has 0 aliphatic carbocycles. The molecule has 86 valence electrons. The Kier molecular flexibility index (Phi) is 6.22. The molecule has 0 unspecified atom stereocenters. The second-order valence-electron chi connectivity index (χ2n) is 3.99. The van der Waals surface area contributed by atoms with E-state index in [0.29, 0.717) is 6.54 Å². The fourth-order valence-corrected chi connectivity index (χ4v) is 1.23. The van der Waals surface area contributed by atoms with E-state index in [0.717, 1.165) is 10.6 Å². The molecule has 0 aromatic heterocycles. The van der Waals surface area contributed by atoms with Crippen molar-refractivity contribution in [3.05, 3.63) is 34.9 Å². The predicted octanol–water partition coefficient (Wildman–Crippen LogP) is -0.795. The van der Waals surface area contributed by atoms with Gasteiger partial charge in [0.25, 0.3) is 0 Å². The van der Waals surface area contributed by atoms with E-state index < -0.39 is 0 Å². The van der Waals surface area contributed by atoms with Crippen molar-refractivity contribution in [2.45, 2.75) is 25.9 Å². The Bertz CT molecular complexity index is 302. The Hall–Kier alpha value is -0.280. The van der Waals surface area contributed by atoms with Crippen molar-refractivity contribution in [3.63, 3.8) is 0 Å². The van der Waals surface area contributed by atoms with E-state index in [1.54, 1.807) is 0 Å². The highest BCUT2D eigenvalue weighted by atomic mass is 35.5. The Morgan fingerprint density at radius 1 is 1.33 bits per heavy atom. The summed E-state index contributed by atoms with van der Waals surface area (Å²) in [6, 6.07) is 7.70. The third-order valence-electron chi connectivity index (χ3n) is 2.11. The molecule has 1 aromatic carbocycles. The van der Waals surface area contributed by atoms with Crippen LogP contribution in [-0.2, 0) is 6.54 Å². The largest absolute Gasteiger partial charge is 1.00 e. The molecular formula is C11H16Cl2NO-. The van der Waals surface area contributed by atoms with Gasteiger partial charge in [-0.25, -0.2) is 0 Å².